The molecule has 0 aliphatic heterocycles. The zero-order valence-electron chi connectivity index (χ0n) is 10.8. The van der Waals surface area contributed by atoms with Crippen LogP contribution in [0.4, 0.5) is 5.69 Å². The summed E-state index contributed by atoms with van der Waals surface area (Å²) in [6.07, 6.45) is 0.513. The van der Waals surface area contributed by atoms with Crippen LogP contribution in [-0.4, -0.2) is 30.8 Å². The van der Waals surface area contributed by atoms with Crippen molar-refractivity contribution in [1.29, 1.82) is 0 Å². The molecule has 0 radical (unpaired) electrons. The number of hydrogen-bond donors (Lipinski definition) is 1. The first-order valence-corrected chi connectivity index (χ1v) is 6.25. The zero-order chi connectivity index (χ0) is 13.7. The summed E-state index contributed by atoms with van der Waals surface area (Å²) in [4.78, 5) is 13.1. The maximum absolute atomic E-state index is 11.3. The fourth-order valence-corrected chi connectivity index (χ4v) is 2.14. The van der Waals surface area contributed by atoms with Crippen LogP contribution in [0.1, 0.15) is 20.3 Å². The largest absolute Gasteiger partial charge is 0.495 e. The number of carboxylic acid groups (broad SMARTS) is 1. The van der Waals surface area contributed by atoms with Gasteiger partial charge >= 0.3 is 5.97 Å². The van der Waals surface area contributed by atoms with Gasteiger partial charge in [-0.05, 0) is 31.5 Å². The molecule has 0 unspecified atom stereocenters. The number of halogens is 1. The number of anilines is 1. The van der Waals surface area contributed by atoms with Crippen molar-refractivity contribution in [3.05, 3.63) is 23.2 Å². The van der Waals surface area contributed by atoms with Gasteiger partial charge in [-0.2, -0.15) is 0 Å². The van der Waals surface area contributed by atoms with E-state index in [1.807, 2.05) is 13.8 Å². The first-order chi connectivity index (χ1) is 8.54. The second-order valence-corrected chi connectivity index (χ2v) is 4.30. The van der Waals surface area contributed by atoms with Gasteiger partial charge in [-0.15, -0.1) is 0 Å². The molecule has 0 amide bonds. The molecular formula is C13H18ClNO3. The van der Waals surface area contributed by atoms with Crippen molar-refractivity contribution in [3.63, 3.8) is 0 Å². The number of carbonyl (C=O) groups is 1. The second kappa shape index (κ2) is 6.50. The van der Waals surface area contributed by atoms with Crippen molar-refractivity contribution in [3.8, 4) is 5.75 Å². The number of methoxy groups -OCH3 is 1. The maximum atomic E-state index is 11.3. The lowest BCUT2D eigenvalue weighted by Gasteiger charge is -2.30. The number of hydrogen-bond acceptors (Lipinski definition) is 3. The smallest absolute Gasteiger partial charge is 0.326 e. The summed E-state index contributed by atoms with van der Waals surface area (Å²) < 4.78 is 5.26. The predicted octanol–water partition coefficient (Wildman–Crippen LogP) is 3.04. The van der Waals surface area contributed by atoms with Crippen molar-refractivity contribution in [1.82, 2.24) is 0 Å². The van der Waals surface area contributed by atoms with Crippen molar-refractivity contribution >= 4 is 23.3 Å². The molecule has 0 saturated carbocycles. The molecule has 0 saturated heterocycles. The molecule has 18 heavy (non-hydrogen) atoms. The lowest BCUT2D eigenvalue weighted by Crippen LogP contribution is -2.41. The fourth-order valence-electron chi connectivity index (χ4n) is 1.97. The molecule has 0 aliphatic carbocycles. The van der Waals surface area contributed by atoms with Crippen LogP contribution in [0, 0.1) is 0 Å². The molecule has 1 aromatic carbocycles. The highest BCUT2D eigenvalue weighted by Gasteiger charge is 2.25. The molecule has 0 bridgehead atoms. The fraction of sp³-hybridized carbons (Fsp3) is 0.462. The van der Waals surface area contributed by atoms with Gasteiger partial charge in [0, 0.05) is 11.6 Å². The van der Waals surface area contributed by atoms with Crippen LogP contribution >= 0.6 is 11.6 Å². The first kappa shape index (κ1) is 14.6. The summed E-state index contributed by atoms with van der Waals surface area (Å²) >= 11 is 5.97. The number of carboxylic acids is 1. The van der Waals surface area contributed by atoms with Crippen LogP contribution < -0.4 is 9.64 Å². The number of benzene rings is 1. The SMILES string of the molecule is CC[C@@H](C(=O)O)N(CC)c1cc(Cl)ccc1OC. The van der Waals surface area contributed by atoms with Gasteiger partial charge in [-0.25, -0.2) is 4.79 Å². The lowest BCUT2D eigenvalue weighted by atomic mass is 10.1. The molecule has 1 N–H and O–H groups in total. The third kappa shape index (κ3) is 3.07. The summed E-state index contributed by atoms with van der Waals surface area (Å²) in [6.45, 7) is 4.33. The molecule has 1 rings (SSSR count). The number of ether oxygens (including phenoxy) is 1. The summed E-state index contributed by atoms with van der Waals surface area (Å²) in [5.74, 6) is -0.220. The average Bonchev–Trinajstić information content (AvgIpc) is 2.35. The lowest BCUT2D eigenvalue weighted by molar-refractivity contribution is -0.138. The van der Waals surface area contributed by atoms with Gasteiger partial charge in [0.25, 0.3) is 0 Å². The van der Waals surface area contributed by atoms with E-state index in [0.29, 0.717) is 29.4 Å². The Labute approximate surface area is 112 Å². The van der Waals surface area contributed by atoms with Crippen LogP contribution in [0.2, 0.25) is 5.02 Å². The summed E-state index contributed by atoms with van der Waals surface area (Å²) in [5.41, 5.74) is 0.710. The predicted molar refractivity (Wildman–Crippen MR) is 72.7 cm³/mol. The normalized spacial score (nSPS) is 12.0. The monoisotopic (exact) mass is 271 g/mol. The van der Waals surface area contributed by atoms with Crippen LogP contribution in [0.15, 0.2) is 18.2 Å². The van der Waals surface area contributed by atoms with E-state index in [9.17, 15) is 9.90 Å². The van der Waals surface area contributed by atoms with Gasteiger partial charge in [0.1, 0.15) is 11.8 Å². The Hall–Kier alpha value is -1.42. The third-order valence-corrected chi connectivity index (χ3v) is 3.07. The number of nitrogens with zero attached hydrogens (tertiary/aromatic N) is 1. The van der Waals surface area contributed by atoms with Gasteiger partial charge in [-0.1, -0.05) is 18.5 Å². The maximum Gasteiger partial charge on any atom is 0.326 e. The highest BCUT2D eigenvalue weighted by Crippen LogP contribution is 2.32. The highest BCUT2D eigenvalue weighted by molar-refractivity contribution is 6.31. The van der Waals surface area contributed by atoms with E-state index >= 15 is 0 Å². The molecule has 1 aromatic rings. The topological polar surface area (TPSA) is 49.8 Å². The van der Waals surface area contributed by atoms with Crippen molar-refractivity contribution in [2.24, 2.45) is 0 Å². The molecule has 0 aliphatic rings. The van der Waals surface area contributed by atoms with E-state index in [-0.39, 0.29) is 0 Å². The van der Waals surface area contributed by atoms with Crippen molar-refractivity contribution in [2.45, 2.75) is 26.3 Å². The molecule has 0 fully saturated rings. The Balaban J connectivity index is 3.22. The van der Waals surface area contributed by atoms with Gasteiger partial charge in [-0.3, -0.25) is 0 Å². The Morgan fingerprint density at radius 1 is 1.50 bits per heavy atom. The van der Waals surface area contributed by atoms with Crippen LogP contribution in [0.3, 0.4) is 0 Å². The number of rotatable bonds is 6. The van der Waals surface area contributed by atoms with Crippen LogP contribution in [0.25, 0.3) is 0 Å². The molecule has 5 heteroatoms. The molecule has 0 spiro atoms. The Bertz CT molecular complexity index is 423. The molecule has 1 atom stereocenters. The van der Waals surface area contributed by atoms with E-state index in [1.165, 1.54) is 0 Å². The van der Waals surface area contributed by atoms with Crippen molar-refractivity contribution < 1.29 is 14.6 Å². The van der Waals surface area contributed by atoms with E-state index in [2.05, 4.69) is 0 Å². The van der Waals surface area contributed by atoms with Gasteiger partial charge in [0.05, 0.1) is 12.8 Å². The summed E-state index contributed by atoms with van der Waals surface area (Å²) in [5, 5.41) is 9.81. The summed E-state index contributed by atoms with van der Waals surface area (Å²) in [6, 6.07) is 4.62. The average molecular weight is 272 g/mol. The van der Waals surface area contributed by atoms with E-state index in [0.717, 1.165) is 0 Å². The molecule has 100 valence electrons. The minimum Gasteiger partial charge on any atom is -0.495 e. The van der Waals surface area contributed by atoms with E-state index in [1.54, 1.807) is 30.2 Å². The van der Waals surface area contributed by atoms with Crippen LogP contribution in [0.5, 0.6) is 5.75 Å². The van der Waals surface area contributed by atoms with Crippen LogP contribution in [-0.2, 0) is 4.79 Å². The zero-order valence-corrected chi connectivity index (χ0v) is 11.6. The van der Waals surface area contributed by atoms with Gasteiger partial charge in [0.2, 0.25) is 0 Å². The Morgan fingerprint density at radius 3 is 2.61 bits per heavy atom. The molecule has 0 aromatic heterocycles. The van der Waals surface area contributed by atoms with Gasteiger partial charge < -0.3 is 14.7 Å². The minimum absolute atomic E-state index is 0.513. The number of likely N-dealkylation sites (N-methyl/N-ethyl adjacent to an activating group) is 1. The second-order valence-electron chi connectivity index (χ2n) is 3.86. The standard InChI is InChI=1S/C13H18ClNO3/c1-4-10(13(16)17)15(5-2)11-8-9(14)6-7-12(11)18-3/h6-8,10H,4-5H2,1-3H3,(H,16,17)/t10-/m0/s1. The van der Waals surface area contributed by atoms with Crippen molar-refractivity contribution in [2.75, 3.05) is 18.6 Å². The molecule has 0 heterocycles. The molecule has 4 nitrogen and oxygen atoms in total. The number of aliphatic carboxylic acids is 1. The van der Waals surface area contributed by atoms with E-state index < -0.39 is 12.0 Å². The summed E-state index contributed by atoms with van der Waals surface area (Å²) in [7, 11) is 1.56. The minimum atomic E-state index is -0.846. The van der Waals surface area contributed by atoms with E-state index in [4.69, 9.17) is 16.3 Å². The first-order valence-electron chi connectivity index (χ1n) is 5.88. The van der Waals surface area contributed by atoms with Gasteiger partial charge in [0.15, 0.2) is 0 Å². The Morgan fingerprint density at radius 2 is 2.17 bits per heavy atom. The Kier molecular flexibility index (Phi) is 5.28. The quantitative estimate of drug-likeness (QED) is 0.864. The third-order valence-electron chi connectivity index (χ3n) is 2.84. The highest BCUT2D eigenvalue weighted by atomic mass is 35.5. The molecular weight excluding hydrogens is 254 g/mol.